The zero-order chi connectivity index (χ0) is 33.2. The van der Waals surface area contributed by atoms with Gasteiger partial charge in [0, 0.05) is 38.7 Å². The molecular weight excluding hydrogens is 637 g/mol. The maximum absolute atomic E-state index is 13.5. The van der Waals surface area contributed by atoms with E-state index in [0.29, 0.717) is 39.1 Å². The zero-order valence-electron chi connectivity index (χ0n) is 25.4. The summed E-state index contributed by atoms with van der Waals surface area (Å²) in [5.74, 6) is -0.184. The van der Waals surface area contributed by atoms with Crippen molar-refractivity contribution in [2.75, 3.05) is 30.6 Å². The van der Waals surface area contributed by atoms with E-state index in [1.165, 1.54) is 48.4 Å². The number of methoxy groups -OCH3 is 2. The van der Waals surface area contributed by atoms with E-state index in [2.05, 4.69) is 20.9 Å². The highest BCUT2D eigenvalue weighted by Crippen LogP contribution is 2.32. The highest BCUT2D eigenvalue weighted by molar-refractivity contribution is 8.00. The third kappa shape index (κ3) is 8.78. The van der Waals surface area contributed by atoms with Gasteiger partial charge in [-0.15, -0.1) is 23.1 Å². The summed E-state index contributed by atoms with van der Waals surface area (Å²) in [7, 11) is 3.04. The van der Waals surface area contributed by atoms with Crippen LogP contribution >= 0.6 is 23.1 Å². The first kappa shape index (κ1) is 32.8. The summed E-state index contributed by atoms with van der Waals surface area (Å²) in [6, 6.07) is 27.5. The van der Waals surface area contributed by atoms with E-state index >= 15 is 0 Å². The summed E-state index contributed by atoms with van der Waals surface area (Å²) in [5.41, 5.74) is 2.79. The van der Waals surface area contributed by atoms with Crippen molar-refractivity contribution in [3.8, 4) is 28.5 Å². The maximum atomic E-state index is 13.5. The van der Waals surface area contributed by atoms with Gasteiger partial charge in [0.15, 0.2) is 5.13 Å². The number of hydrogen-bond donors (Lipinski definition) is 4. The molecule has 0 spiro atoms. The summed E-state index contributed by atoms with van der Waals surface area (Å²) in [6.07, 6.45) is 1.47. The van der Waals surface area contributed by atoms with Crippen LogP contribution in [0.5, 0.6) is 17.2 Å². The second-order valence-electron chi connectivity index (χ2n) is 9.86. The molecule has 0 atom stereocenters. The number of amides is 3. The fraction of sp³-hybridized carbons (Fsp3) is 0.0857. The predicted molar refractivity (Wildman–Crippen MR) is 185 cm³/mol. The molecule has 0 saturated carbocycles. The van der Waals surface area contributed by atoms with E-state index in [4.69, 9.17) is 9.47 Å². The van der Waals surface area contributed by atoms with Gasteiger partial charge in [-0.2, -0.15) is 0 Å². The van der Waals surface area contributed by atoms with Crippen molar-refractivity contribution in [3.63, 3.8) is 0 Å². The lowest BCUT2D eigenvalue weighted by Crippen LogP contribution is -2.30. The molecule has 0 fully saturated rings. The van der Waals surface area contributed by atoms with Crippen LogP contribution in [0.25, 0.3) is 17.3 Å². The number of hydrogen-bond acceptors (Lipinski definition) is 9. The largest absolute Gasteiger partial charge is 0.508 e. The van der Waals surface area contributed by atoms with Gasteiger partial charge < -0.3 is 30.5 Å². The number of phenolic OH excluding ortho intramolecular Hbond substituents is 1. The lowest BCUT2D eigenvalue weighted by atomic mass is 10.1. The van der Waals surface area contributed by atoms with Gasteiger partial charge in [0.05, 0.1) is 25.7 Å². The summed E-state index contributed by atoms with van der Waals surface area (Å²) in [4.78, 5) is 44.5. The molecule has 238 valence electrons. The molecule has 0 aliphatic heterocycles. The Balaban J connectivity index is 1.25. The average Bonchev–Trinajstić information content (AvgIpc) is 3.56. The third-order valence-electron chi connectivity index (χ3n) is 6.64. The van der Waals surface area contributed by atoms with Crippen molar-refractivity contribution < 1.29 is 29.0 Å². The number of benzene rings is 4. The third-order valence-corrected chi connectivity index (χ3v) is 8.39. The standard InChI is InChI=1S/C35H30N4O6S2/c1-44-30-14-7-6-13-27(30)29-20-47-35(38-29)39-32(41)21-46-26-12-8-11-24(18-26)36-34(43)28(37-33(42)22-9-4-3-5-10-22)17-23-15-16-25(40)19-31(23)45-2/h3-20,40H,21H2,1-2H3,(H,36,43)(H,37,42)(H,38,39,41)/b28-17+. The number of aromatic hydroxyl groups is 1. The molecule has 0 unspecified atom stereocenters. The van der Waals surface area contributed by atoms with Gasteiger partial charge >= 0.3 is 0 Å². The minimum absolute atomic E-state index is 0.00873. The molecular formula is C35H30N4O6S2. The molecule has 0 saturated heterocycles. The molecule has 47 heavy (non-hydrogen) atoms. The normalized spacial score (nSPS) is 11.0. The number of thioether (sulfide) groups is 1. The van der Waals surface area contributed by atoms with Crippen molar-refractivity contribution in [1.82, 2.24) is 10.3 Å². The Hall–Kier alpha value is -5.59. The molecule has 0 bridgehead atoms. The number of aromatic nitrogens is 1. The van der Waals surface area contributed by atoms with Crippen LogP contribution in [0.4, 0.5) is 10.8 Å². The maximum Gasteiger partial charge on any atom is 0.272 e. The molecule has 1 aromatic heterocycles. The van der Waals surface area contributed by atoms with Gasteiger partial charge in [-0.25, -0.2) is 4.98 Å². The van der Waals surface area contributed by atoms with E-state index in [1.807, 2.05) is 35.7 Å². The first-order chi connectivity index (χ1) is 22.8. The molecule has 0 aliphatic rings. The van der Waals surface area contributed by atoms with Crippen LogP contribution in [-0.2, 0) is 9.59 Å². The first-order valence-corrected chi connectivity index (χ1v) is 16.1. The van der Waals surface area contributed by atoms with E-state index < -0.39 is 11.8 Å². The summed E-state index contributed by atoms with van der Waals surface area (Å²) >= 11 is 2.61. The number of carbonyl (C=O) groups excluding carboxylic acids is 3. The van der Waals surface area contributed by atoms with Crippen LogP contribution in [0.15, 0.2) is 113 Å². The molecule has 0 radical (unpaired) electrons. The lowest BCUT2D eigenvalue weighted by Gasteiger charge is -2.13. The van der Waals surface area contributed by atoms with Crippen LogP contribution in [-0.4, -0.2) is 47.8 Å². The lowest BCUT2D eigenvalue weighted by molar-refractivity contribution is -0.114. The van der Waals surface area contributed by atoms with Crippen LogP contribution in [0.1, 0.15) is 15.9 Å². The second-order valence-corrected chi connectivity index (χ2v) is 11.8. The topological polar surface area (TPSA) is 139 Å². The number of ether oxygens (including phenoxy) is 2. The smallest absolute Gasteiger partial charge is 0.272 e. The summed E-state index contributed by atoms with van der Waals surface area (Å²) in [6.45, 7) is 0. The Labute approximate surface area is 279 Å². The van der Waals surface area contributed by atoms with Crippen molar-refractivity contribution in [2.45, 2.75) is 4.90 Å². The van der Waals surface area contributed by atoms with Crippen molar-refractivity contribution in [1.29, 1.82) is 0 Å². The minimum atomic E-state index is -0.584. The molecule has 4 N–H and O–H groups in total. The van der Waals surface area contributed by atoms with Gasteiger partial charge in [0.1, 0.15) is 22.9 Å². The minimum Gasteiger partial charge on any atom is -0.508 e. The monoisotopic (exact) mass is 666 g/mol. The number of anilines is 2. The van der Waals surface area contributed by atoms with E-state index in [0.717, 1.165) is 10.5 Å². The fourth-order valence-electron chi connectivity index (χ4n) is 4.39. The van der Waals surface area contributed by atoms with Crippen molar-refractivity contribution >= 4 is 57.7 Å². The van der Waals surface area contributed by atoms with Crippen molar-refractivity contribution in [2.24, 2.45) is 0 Å². The Bertz CT molecular complexity index is 1930. The van der Waals surface area contributed by atoms with Crippen LogP contribution in [0, 0.1) is 0 Å². The molecule has 4 aromatic carbocycles. The van der Waals surface area contributed by atoms with Gasteiger partial charge in [0.2, 0.25) is 5.91 Å². The first-order valence-electron chi connectivity index (χ1n) is 14.2. The van der Waals surface area contributed by atoms with Crippen LogP contribution in [0.2, 0.25) is 0 Å². The van der Waals surface area contributed by atoms with Gasteiger partial charge in [0.25, 0.3) is 11.8 Å². The molecule has 0 aliphatic carbocycles. The van der Waals surface area contributed by atoms with Gasteiger partial charge in [-0.3, -0.25) is 14.4 Å². The van der Waals surface area contributed by atoms with E-state index in [9.17, 15) is 19.5 Å². The Morgan fingerprint density at radius 3 is 2.43 bits per heavy atom. The second kappa shape index (κ2) is 15.6. The molecule has 5 aromatic rings. The quantitative estimate of drug-likeness (QED) is 0.0856. The number of carbonyl (C=O) groups is 3. The fourth-order valence-corrected chi connectivity index (χ4v) is 5.88. The molecule has 12 heteroatoms. The SMILES string of the molecule is COc1cc(O)ccc1/C=C(/NC(=O)c1ccccc1)C(=O)Nc1cccc(SCC(=O)Nc2nc(-c3ccccc3OC)cs2)c1. The Kier molecular flexibility index (Phi) is 10.9. The molecule has 5 rings (SSSR count). The summed E-state index contributed by atoms with van der Waals surface area (Å²) in [5, 5.41) is 20.5. The highest BCUT2D eigenvalue weighted by atomic mass is 32.2. The zero-order valence-corrected chi connectivity index (χ0v) is 27.0. The Morgan fingerprint density at radius 1 is 0.872 bits per heavy atom. The molecule has 3 amide bonds. The Morgan fingerprint density at radius 2 is 1.64 bits per heavy atom. The highest BCUT2D eigenvalue weighted by Gasteiger charge is 2.17. The number of nitrogens with one attached hydrogen (secondary N) is 3. The van der Waals surface area contributed by atoms with Crippen molar-refractivity contribution in [3.05, 3.63) is 119 Å². The van der Waals surface area contributed by atoms with E-state index in [1.54, 1.807) is 61.7 Å². The molecule has 1 heterocycles. The van der Waals surface area contributed by atoms with E-state index in [-0.39, 0.29) is 23.1 Å². The number of para-hydroxylation sites is 1. The van der Waals surface area contributed by atoms with Gasteiger partial charge in [-0.05, 0) is 60.7 Å². The average molecular weight is 667 g/mol. The number of phenols is 1. The predicted octanol–water partition coefficient (Wildman–Crippen LogP) is 6.67. The number of rotatable bonds is 12. The molecule has 10 nitrogen and oxygen atoms in total. The summed E-state index contributed by atoms with van der Waals surface area (Å²) < 4.78 is 10.8. The number of thiazole rings is 1. The van der Waals surface area contributed by atoms with Crippen LogP contribution in [0.3, 0.4) is 0 Å². The van der Waals surface area contributed by atoms with Gasteiger partial charge in [-0.1, -0.05) is 36.4 Å². The number of nitrogens with zero attached hydrogens (tertiary/aromatic N) is 1. The van der Waals surface area contributed by atoms with Crippen LogP contribution < -0.4 is 25.4 Å².